The second-order valence-corrected chi connectivity index (χ2v) is 5.81. The first-order chi connectivity index (χ1) is 10.4. The number of halogens is 2. The van der Waals surface area contributed by atoms with Gasteiger partial charge in [-0.1, -0.05) is 23.2 Å². The molecule has 1 aliphatic rings. The molecule has 120 valence electrons. The molecule has 0 bridgehead atoms. The number of carboxylic acids is 1. The highest BCUT2D eigenvalue weighted by Crippen LogP contribution is 2.24. The maximum absolute atomic E-state index is 12.0. The summed E-state index contributed by atoms with van der Waals surface area (Å²) in [5.74, 6) is -1.26. The third kappa shape index (κ3) is 4.25. The van der Waals surface area contributed by atoms with Gasteiger partial charge in [0.15, 0.2) is 6.61 Å². The molecule has 1 aromatic rings. The topological polar surface area (TPSA) is 84.9 Å². The molecule has 1 amide bonds. The molecular formula is C14H15Cl2NO5. The number of benzene rings is 1. The maximum Gasteiger partial charge on any atom is 0.329 e. The number of aliphatic carboxylic acids is 1. The molecule has 2 rings (SSSR count). The molecule has 1 aliphatic heterocycles. The van der Waals surface area contributed by atoms with Crippen molar-refractivity contribution in [2.45, 2.75) is 18.4 Å². The summed E-state index contributed by atoms with van der Waals surface area (Å²) in [6.07, 6.45) is 0.439. The van der Waals surface area contributed by atoms with Crippen LogP contribution in [0, 0.1) is 0 Å². The molecule has 0 saturated carbocycles. The van der Waals surface area contributed by atoms with Crippen LogP contribution in [0.3, 0.4) is 0 Å². The number of hydrogen-bond donors (Lipinski definition) is 2. The van der Waals surface area contributed by atoms with Gasteiger partial charge in [0.05, 0.1) is 0 Å². The minimum Gasteiger partial charge on any atom is -0.484 e. The molecule has 8 heteroatoms. The lowest BCUT2D eigenvalue weighted by Crippen LogP contribution is -2.58. The van der Waals surface area contributed by atoms with Gasteiger partial charge in [0, 0.05) is 36.1 Å². The summed E-state index contributed by atoms with van der Waals surface area (Å²) in [7, 11) is 0. The fourth-order valence-electron chi connectivity index (χ4n) is 2.18. The third-order valence-electron chi connectivity index (χ3n) is 3.34. The SMILES string of the molecule is O=C(COc1cc(Cl)cc(Cl)c1)NC1(C(=O)O)CCOCC1. The molecule has 0 aromatic heterocycles. The van der Waals surface area contributed by atoms with Crippen LogP contribution >= 0.6 is 23.2 Å². The highest BCUT2D eigenvalue weighted by molar-refractivity contribution is 6.34. The van der Waals surface area contributed by atoms with Gasteiger partial charge in [-0.3, -0.25) is 4.79 Å². The fourth-order valence-corrected chi connectivity index (χ4v) is 2.68. The molecule has 2 N–H and O–H groups in total. The number of carbonyl (C=O) groups excluding carboxylic acids is 1. The van der Waals surface area contributed by atoms with Crippen LogP contribution in [0.5, 0.6) is 5.75 Å². The Bertz CT molecular complexity index is 552. The van der Waals surface area contributed by atoms with E-state index in [4.69, 9.17) is 32.7 Å². The lowest BCUT2D eigenvalue weighted by Gasteiger charge is -2.33. The van der Waals surface area contributed by atoms with Crippen molar-refractivity contribution in [2.75, 3.05) is 19.8 Å². The summed E-state index contributed by atoms with van der Waals surface area (Å²) in [5.41, 5.74) is -1.30. The zero-order valence-electron chi connectivity index (χ0n) is 11.6. The fraction of sp³-hybridized carbons (Fsp3) is 0.429. The summed E-state index contributed by atoms with van der Waals surface area (Å²) in [6.45, 7) is 0.251. The number of carbonyl (C=O) groups is 2. The van der Waals surface area contributed by atoms with Gasteiger partial charge in [0.2, 0.25) is 0 Å². The first-order valence-corrected chi connectivity index (χ1v) is 7.38. The van der Waals surface area contributed by atoms with Gasteiger partial charge in [0.25, 0.3) is 5.91 Å². The summed E-state index contributed by atoms with van der Waals surface area (Å²) >= 11 is 11.7. The molecule has 0 spiro atoms. The molecule has 0 unspecified atom stereocenters. The number of amides is 1. The van der Waals surface area contributed by atoms with Crippen LogP contribution in [-0.4, -0.2) is 42.3 Å². The molecule has 22 heavy (non-hydrogen) atoms. The number of nitrogens with one attached hydrogen (secondary N) is 1. The minimum absolute atomic E-state index is 0.219. The predicted octanol–water partition coefficient (Wildman–Crippen LogP) is 2.12. The van der Waals surface area contributed by atoms with Crippen LogP contribution in [0.25, 0.3) is 0 Å². The zero-order chi connectivity index (χ0) is 16.2. The molecule has 1 aromatic carbocycles. The largest absolute Gasteiger partial charge is 0.484 e. The van der Waals surface area contributed by atoms with Crippen molar-refractivity contribution in [1.82, 2.24) is 5.32 Å². The van der Waals surface area contributed by atoms with E-state index in [-0.39, 0.29) is 32.7 Å². The van der Waals surface area contributed by atoms with Crippen molar-refractivity contribution in [3.05, 3.63) is 28.2 Å². The minimum atomic E-state index is -1.30. The van der Waals surface area contributed by atoms with Crippen LogP contribution < -0.4 is 10.1 Å². The number of carboxylic acid groups (broad SMARTS) is 1. The van der Waals surface area contributed by atoms with Gasteiger partial charge in [-0.25, -0.2) is 4.79 Å². The zero-order valence-corrected chi connectivity index (χ0v) is 13.1. The Morgan fingerprint density at radius 3 is 2.36 bits per heavy atom. The van der Waals surface area contributed by atoms with Gasteiger partial charge in [-0.2, -0.15) is 0 Å². The van der Waals surface area contributed by atoms with E-state index in [1.54, 1.807) is 0 Å². The third-order valence-corrected chi connectivity index (χ3v) is 3.78. The quantitative estimate of drug-likeness (QED) is 0.852. The van der Waals surface area contributed by atoms with Crippen molar-refractivity contribution in [3.63, 3.8) is 0 Å². The normalized spacial score (nSPS) is 16.8. The molecule has 0 aliphatic carbocycles. The van der Waals surface area contributed by atoms with Crippen molar-refractivity contribution in [2.24, 2.45) is 0 Å². The second-order valence-electron chi connectivity index (χ2n) is 4.94. The second kappa shape index (κ2) is 7.17. The Kier molecular flexibility index (Phi) is 5.50. The van der Waals surface area contributed by atoms with Crippen LogP contribution in [0.1, 0.15) is 12.8 Å². The number of ether oxygens (including phenoxy) is 2. The molecule has 1 fully saturated rings. The van der Waals surface area contributed by atoms with Gasteiger partial charge in [-0.15, -0.1) is 0 Å². The first kappa shape index (κ1) is 16.9. The van der Waals surface area contributed by atoms with E-state index < -0.39 is 17.4 Å². The molecule has 6 nitrogen and oxygen atoms in total. The van der Waals surface area contributed by atoms with E-state index in [2.05, 4.69) is 5.32 Å². The van der Waals surface area contributed by atoms with Crippen molar-refractivity contribution in [3.8, 4) is 5.75 Å². The van der Waals surface area contributed by atoms with Crippen molar-refractivity contribution < 1.29 is 24.2 Å². The van der Waals surface area contributed by atoms with Crippen molar-refractivity contribution in [1.29, 1.82) is 0 Å². The van der Waals surface area contributed by atoms with Crippen LogP contribution in [0.15, 0.2) is 18.2 Å². The Morgan fingerprint density at radius 2 is 1.82 bits per heavy atom. The molecule has 0 atom stereocenters. The van der Waals surface area contributed by atoms with Gasteiger partial charge in [0.1, 0.15) is 11.3 Å². The highest BCUT2D eigenvalue weighted by Gasteiger charge is 2.41. The van der Waals surface area contributed by atoms with Gasteiger partial charge >= 0.3 is 5.97 Å². The number of rotatable bonds is 5. The average Bonchev–Trinajstić information content (AvgIpc) is 2.45. The average molecular weight is 348 g/mol. The standard InChI is InChI=1S/C14H15Cl2NO5/c15-9-5-10(16)7-11(6-9)22-8-12(18)17-14(13(19)20)1-3-21-4-2-14/h5-7H,1-4,8H2,(H,17,18)(H,19,20). The maximum atomic E-state index is 12.0. The Balaban J connectivity index is 1.95. The lowest BCUT2D eigenvalue weighted by molar-refractivity contribution is -0.152. The van der Waals surface area contributed by atoms with E-state index in [1.807, 2.05) is 0 Å². The summed E-state index contributed by atoms with van der Waals surface area (Å²) in [6, 6.07) is 4.57. The molecule has 1 saturated heterocycles. The van der Waals surface area contributed by atoms with Crippen LogP contribution in [0.2, 0.25) is 10.0 Å². The van der Waals surface area contributed by atoms with E-state index in [0.29, 0.717) is 15.8 Å². The smallest absolute Gasteiger partial charge is 0.329 e. The summed E-state index contributed by atoms with van der Waals surface area (Å²) in [4.78, 5) is 23.4. The Hall–Kier alpha value is -1.50. The lowest BCUT2D eigenvalue weighted by atomic mass is 9.90. The van der Waals surface area contributed by atoms with Gasteiger partial charge in [-0.05, 0) is 18.2 Å². The highest BCUT2D eigenvalue weighted by atomic mass is 35.5. The Morgan fingerprint density at radius 1 is 1.23 bits per heavy atom. The predicted molar refractivity (Wildman–Crippen MR) is 80.5 cm³/mol. The number of hydrogen-bond acceptors (Lipinski definition) is 4. The van der Waals surface area contributed by atoms with E-state index in [0.717, 1.165) is 0 Å². The molecule has 1 heterocycles. The van der Waals surface area contributed by atoms with Crippen molar-refractivity contribution >= 4 is 35.1 Å². The van der Waals surface area contributed by atoms with Gasteiger partial charge < -0.3 is 19.9 Å². The molecule has 0 radical (unpaired) electrons. The first-order valence-electron chi connectivity index (χ1n) is 6.62. The van der Waals surface area contributed by atoms with E-state index >= 15 is 0 Å². The van der Waals surface area contributed by atoms with Crippen LogP contribution in [-0.2, 0) is 14.3 Å². The van der Waals surface area contributed by atoms with E-state index in [1.165, 1.54) is 18.2 Å². The monoisotopic (exact) mass is 347 g/mol. The van der Waals surface area contributed by atoms with Crippen LogP contribution in [0.4, 0.5) is 0 Å². The Labute approximate surface area is 137 Å². The van der Waals surface area contributed by atoms with E-state index in [9.17, 15) is 14.7 Å². The summed E-state index contributed by atoms with van der Waals surface area (Å²) in [5, 5.41) is 12.6. The summed E-state index contributed by atoms with van der Waals surface area (Å²) < 4.78 is 10.4. The molecular weight excluding hydrogens is 333 g/mol.